The lowest BCUT2D eigenvalue weighted by Crippen LogP contribution is -2.34. The van der Waals surface area contributed by atoms with Gasteiger partial charge in [0.1, 0.15) is 15.5 Å². The monoisotopic (exact) mass is 487 g/mol. The van der Waals surface area contributed by atoms with E-state index in [1.54, 1.807) is 16.4 Å². The van der Waals surface area contributed by atoms with Crippen molar-refractivity contribution in [2.75, 3.05) is 11.5 Å². The molecule has 0 N–H and O–H groups in total. The van der Waals surface area contributed by atoms with E-state index in [1.807, 2.05) is 61.5 Å². The Morgan fingerprint density at radius 2 is 1.91 bits per heavy atom. The quantitative estimate of drug-likeness (QED) is 0.376. The van der Waals surface area contributed by atoms with Crippen LogP contribution >= 0.6 is 11.3 Å². The SMILES string of the molecule is Cc1cccc(N(Cc2ccccc2)C(=O)COC(=O)c2sc3nc4n(c(=O)c3c2C)CCC4)c1. The number of carbonyl (C=O) groups is 2. The van der Waals surface area contributed by atoms with Crippen LogP contribution in [0, 0.1) is 13.8 Å². The second-order valence-electron chi connectivity index (χ2n) is 8.71. The number of hydrogen-bond acceptors (Lipinski definition) is 6. The van der Waals surface area contributed by atoms with Crippen LogP contribution in [0.5, 0.6) is 0 Å². The van der Waals surface area contributed by atoms with Gasteiger partial charge in [0.25, 0.3) is 11.5 Å². The first kappa shape index (κ1) is 23.0. The van der Waals surface area contributed by atoms with Gasteiger partial charge in [0, 0.05) is 18.7 Å². The molecule has 1 aliphatic heterocycles. The van der Waals surface area contributed by atoms with Crippen molar-refractivity contribution in [3.63, 3.8) is 0 Å². The summed E-state index contributed by atoms with van der Waals surface area (Å²) in [5.41, 5.74) is 3.17. The van der Waals surface area contributed by atoms with E-state index in [1.165, 1.54) is 0 Å². The molecule has 2 aromatic heterocycles. The highest BCUT2D eigenvalue weighted by Gasteiger charge is 2.25. The Kier molecular flexibility index (Phi) is 6.21. The lowest BCUT2D eigenvalue weighted by atomic mass is 10.1. The Bertz CT molecular complexity index is 1490. The molecule has 8 heteroatoms. The van der Waals surface area contributed by atoms with Gasteiger partial charge in [0.05, 0.1) is 11.9 Å². The van der Waals surface area contributed by atoms with E-state index in [0.29, 0.717) is 33.7 Å². The molecule has 178 valence electrons. The molecule has 2 aromatic carbocycles. The molecule has 0 saturated heterocycles. The van der Waals surface area contributed by atoms with E-state index in [4.69, 9.17) is 4.74 Å². The number of anilines is 1. The third-order valence-electron chi connectivity index (χ3n) is 6.22. The Labute approximate surface area is 206 Å². The van der Waals surface area contributed by atoms with Gasteiger partial charge in [-0.2, -0.15) is 0 Å². The van der Waals surface area contributed by atoms with Gasteiger partial charge in [-0.1, -0.05) is 42.5 Å². The molecule has 0 radical (unpaired) electrons. The predicted octanol–water partition coefficient (Wildman–Crippen LogP) is 4.41. The Morgan fingerprint density at radius 3 is 2.69 bits per heavy atom. The summed E-state index contributed by atoms with van der Waals surface area (Å²) < 4.78 is 7.14. The molecule has 0 unspecified atom stereocenters. The van der Waals surface area contributed by atoms with Gasteiger partial charge in [0.2, 0.25) is 0 Å². The summed E-state index contributed by atoms with van der Waals surface area (Å²) >= 11 is 1.15. The van der Waals surface area contributed by atoms with E-state index in [9.17, 15) is 14.4 Å². The third-order valence-corrected chi connectivity index (χ3v) is 7.39. The molecule has 0 aliphatic carbocycles. The summed E-state index contributed by atoms with van der Waals surface area (Å²) in [7, 11) is 0. The summed E-state index contributed by atoms with van der Waals surface area (Å²) in [6.45, 7) is 4.30. The first-order valence-electron chi connectivity index (χ1n) is 11.5. The number of nitrogens with zero attached hydrogens (tertiary/aromatic N) is 3. The second-order valence-corrected chi connectivity index (χ2v) is 9.70. The minimum atomic E-state index is -0.618. The Morgan fingerprint density at radius 1 is 1.11 bits per heavy atom. The van der Waals surface area contributed by atoms with Gasteiger partial charge in [-0.3, -0.25) is 14.2 Å². The molecule has 35 heavy (non-hydrogen) atoms. The fraction of sp³-hybridized carbons (Fsp3) is 0.259. The molecule has 4 aromatic rings. The van der Waals surface area contributed by atoms with Crippen molar-refractivity contribution in [2.24, 2.45) is 0 Å². The van der Waals surface area contributed by atoms with Crippen LogP contribution in [0.4, 0.5) is 5.69 Å². The minimum absolute atomic E-state index is 0.111. The zero-order chi connectivity index (χ0) is 24.5. The minimum Gasteiger partial charge on any atom is -0.451 e. The van der Waals surface area contributed by atoms with E-state index in [0.717, 1.165) is 46.8 Å². The van der Waals surface area contributed by atoms with Crippen LogP contribution in [0.2, 0.25) is 0 Å². The number of esters is 1. The first-order chi connectivity index (χ1) is 16.9. The maximum atomic E-state index is 13.2. The summed E-state index contributed by atoms with van der Waals surface area (Å²) in [6, 6.07) is 17.3. The summed E-state index contributed by atoms with van der Waals surface area (Å²) in [5, 5.41) is 0.462. The third kappa shape index (κ3) is 4.49. The Hall–Kier alpha value is -3.78. The van der Waals surface area contributed by atoms with Gasteiger partial charge < -0.3 is 9.64 Å². The summed E-state index contributed by atoms with van der Waals surface area (Å²) in [5.74, 6) is -0.190. The molecular formula is C27H25N3O4S. The van der Waals surface area contributed by atoms with Gasteiger partial charge in [-0.25, -0.2) is 9.78 Å². The van der Waals surface area contributed by atoms with Gasteiger partial charge in [-0.05, 0) is 49.1 Å². The molecule has 0 bridgehead atoms. The molecule has 5 rings (SSSR count). The van der Waals surface area contributed by atoms with E-state index < -0.39 is 12.6 Å². The molecule has 0 fully saturated rings. The number of amides is 1. The molecule has 0 spiro atoms. The predicted molar refractivity (Wildman–Crippen MR) is 136 cm³/mol. The zero-order valence-electron chi connectivity index (χ0n) is 19.6. The number of fused-ring (bicyclic) bond motifs is 2. The number of rotatable bonds is 6. The van der Waals surface area contributed by atoms with E-state index >= 15 is 0 Å². The fourth-order valence-corrected chi connectivity index (χ4v) is 5.51. The number of benzene rings is 2. The van der Waals surface area contributed by atoms with Gasteiger partial charge in [0.15, 0.2) is 6.61 Å². The molecule has 3 heterocycles. The smallest absolute Gasteiger partial charge is 0.349 e. The van der Waals surface area contributed by atoms with Crippen molar-refractivity contribution in [1.82, 2.24) is 9.55 Å². The fourth-order valence-electron chi connectivity index (χ4n) is 4.43. The maximum absolute atomic E-state index is 13.2. The van der Waals surface area contributed by atoms with Crippen LogP contribution in [0.25, 0.3) is 10.2 Å². The topological polar surface area (TPSA) is 81.5 Å². The average molecular weight is 488 g/mol. The molecule has 1 aliphatic rings. The van der Waals surface area contributed by atoms with Crippen LogP contribution in [0.3, 0.4) is 0 Å². The van der Waals surface area contributed by atoms with Crippen LogP contribution in [-0.4, -0.2) is 28.0 Å². The zero-order valence-corrected chi connectivity index (χ0v) is 20.4. The average Bonchev–Trinajstić information content (AvgIpc) is 3.46. The Balaban J connectivity index is 1.37. The number of aryl methyl sites for hydroxylation is 3. The number of hydrogen-bond donors (Lipinski definition) is 0. The highest BCUT2D eigenvalue weighted by Crippen LogP contribution is 2.29. The molecule has 0 saturated carbocycles. The van der Waals surface area contributed by atoms with Crippen molar-refractivity contribution >= 4 is 39.1 Å². The van der Waals surface area contributed by atoms with Crippen molar-refractivity contribution < 1.29 is 14.3 Å². The molecule has 7 nitrogen and oxygen atoms in total. The number of aromatic nitrogens is 2. The van der Waals surface area contributed by atoms with Crippen LogP contribution < -0.4 is 10.5 Å². The lowest BCUT2D eigenvalue weighted by molar-refractivity contribution is -0.121. The van der Waals surface area contributed by atoms with Crippen molar-refractivity contribution in [1.29, 1.82) is 0 Å². The highest BCUT2D eigenvalue weighted by molar-refractivity contribution is 7.20. The number of thiophene rings is 1. The van der Waals surface area contributed by atoms with Crippen LogP contribution in [0.15, 0.2) is 59.4 Å². The van der Waals surface area contributed by atoms with Gasteiger partial charge in [-0.15, -0.1) is 11.3 Å². The lowest BCUT2D eigenvalue weighted by Gasteiger charge is -2.23. The van der Waals surface area contributed by atoms with Crippen molar-refractivity contribution in [2.45, 2.75) is 39.8 Å². The van der Waals surface area contributed by atoms with E-state index in [-0.39, 0.29) is 11.5 Å². The second kappa shape index (κ2) is 9.46. The molecule has 0 atom stereocenters. The number of carbonyl (C=O) groups excluding carboxylic acids is 2. The first-order valence-corrected chi connectivity index (χ1v) is 12.3. The van der Waals surface area contributed by atoms with Crippen LogP contribution in [0.1, 0.15) is 38.6 Å². The normalized spacial score (nSPS) is 12.5. The van der Waals surface area contributed by atoms with E-state index in [2.05, 4.69) is 4.98 Å². The van der Waals surface area contributed by atoms with Crippen LogP contribution in [-0.2, 0) is 29.0 Å². The molecule has 1 amide bonds. The van der Waals surface area contributed by atoms with Crippen molar-refractivity contribution in [3.05, 3.63) is 92.3 Å². The summed E-state index contributed by atoms with van der Waals surface area (Å²) in [4.78, 5) is 46.2. The largest absolute Gasteiger partial charge is 0.451 e. The standard InChI is InChI=1S/C27H25N3O4S/c1-17-8-6-11-20(14-17)30(15-19-9-4-3-5-10-19)22(31)16-34-27(33)24-18(2)23-25(35-24)28-21-12-7-13-29(21)26(23)32/h3-6,8-11,14H,7,12-13,15-16H2,1-2H3. The molecular weight excluding hydrogens is 462 g/mol. The maximum Gasteiger partial charge on any atom is 0.349 e. The highest BCUT2D eigenvalue weighted by atomic mass is 32.1. The van der Waals surface area contributed by atoms with Gasteiger partial charge >= 0.3 is 5.97 Å². The van der Waals surface area contributed by atoms with Crippen molar-refractivity contribution in [3.8, 4) is 0 Å². The summed E-state index contributed by atoms with van der Waals surface area (Å²) in [6.07, 6.45) is 1.66. The number of ether oxygens (including phenoxy) is 1.